The maximum atomic E-state index is 12.4. The monoisotopic (exact) mass is 293 g/mol. The van der Waals surface area contributed by atoms with Crippen LogP contribution in [0.5, 0.6) is 0 Å². The van der Waals surface area contributed by atoms with Crippen molar-refractivity contribution < 1.29 is 14.5 Å². The summed E-state index contributed by atoms with van der Waals surface area (Å²) in [6.07, 6.45) is 1.76. The zero-order valence-electron chi connectivity index (χ0n) is 11.9. The zero-order valence-corrected chi connectivity index (χ0v) is 11.9. The lowest BCUT2D eigenvalue weighted by molar-refractivity contribution is -0.384. The number of nitro benzene ring substituents is 1. The van der Waals surface area contributed by atoms with Gasteiger partial charge in [-0.15, -0.1) is 0 Å². The van der Waals surface area contributed by atoms with E-state index < -0.39 is 4.92 Å². The van der Waals surface area contributed by atoms with Crippen LogP contribution in [-0.2, 0) is 4.74 Å². The van der Waals surface area contributed by atoms with E-state index in [9.17, 15) is 14.9 Å². The largest absolute Gasteiger partial charge is 0.385 e. The number of rotatable bonds is 5. The van der Waals surface area contributed by atoms with E-state index in [1.54, 1.807) is 6.07 Å². The van der Waals surface area contributed by atoms with Crippen LogP contribution >= 0.6 is 0 Å². The summed E-state index contributed by atoms with van der Waals surface area (Å²) in [6, 6.07) is 4.21. The summed E-state index contributed by atoms with van der Waals surface area (Å²) < 4.78 is 5.32. The fourth-order valence-corrected chi connectivity index (χ4v) is 2.30. The molecule has 1 fully saturated rings. The maximum absolute atomic E-state index is 12.4. The van der Waals surface area contributed by atoms with Crippen LogP contribution in [0.2, 0.25) is 0 Å². The first-order valence-corrected chi connectivity index (χ1v) is 7.02. The smallest absolute Gasteiger partial charge is 0.270 e. The second-order valence-electron chi connectivity index (χ2n) is 4.90. The second kappa shape index (κ2) is 7.03. The standard InChI is InChI=1S/C14H19N3O4/c1-2-15-13-6-5-11(17(19)20)8-12(13)14(18)16-10-4-3-7-21-9-10/h5-6,8,10,15H,2-4,7,9H2,1H3,(H,16,18). The minimum Gasteiger partial charge on any atom is -0.385 e. The lowest BCUT2D eigenvalue weighted by Gasteiger charge is -2.23. The van der Waals surface area contributed by atoms with Crippen molar-refractivity contribution in [3.63, 3.8) is 0 Å². The molecule has 1 unspecified atom stereocenters. The summed E-state index contributed by atoms with van der Waals surface area (Å²) in [6.45, 7) is 3.73. The van der Waals surface area contributed by atoms with Crippen molar-refractivity contribution in [3.05, 3.63) is 33.9 Å². The molecule has 2 N–H and O–H groups in total. The fraction of sp³-hybridized carbons (Fsp3) is 0.500. The summed E-state index contributed by atoms with van der Waals surface area (Å²) in [5.41, 5.74) is 0.788. The van der Waals surface area contributed by atoms with E-state index in [1.165, 1.54) is 12.1 Å². The van der Waals surface area contributed by atoms with Gasteiger partial charge in [0.2, 0.25) is 0 Å². The molecule has 0 spiro atoms. The third-order valence-electron chi connectivity index (χ3n) is 3.32. The Morgan fingerprint density at radius 1 is 1.52 bits per heavy atom. The summed E-state index contributed by atoms with van der Waals surface area (Å²) in [5.74, 6) is -0.315. The Hall–Kier alpha value is -2.15. The van der Waals surface area contributed by atoms with Crippen LogP contribution in [0.25, 0.3) is 0 Å². The number of non-ortho nitro benzene ring substituents is 1. The molecule has 1 saturated heterocycles. The molecule has 1 aromatic carbocycles. The first-order valence-electron chi connectivity index (χ1n) is 7.02. The van der Waals surface area contributed by atoms with Crippen molar-refractivity contribution in [2.75, 3.05) is 25.1 Å². The van der Waals surface area contributed by atoms with Crippen LogP contribution in [0.1, 0.15) is 30.1 Å². The molecule has 114 valence electrons. The van der Waals surface area contributed by atoms with Crippen LogP contribution in [-0.4, -0.2) is 36.6 Å². The number of benzene rings is 1. The lowest BCUT2D eigenvalue weighted by atomic mass is 10.1. The number of anilines is 1. The number of amides is 1. The number of ether oxygens (including phenoxy) is 1. The number of hydrogen-bond donors (Lipinski definition) is 2. The van der Waals surface area contributed by atoms with E-state index >= 15 is 0 Å². The number of nitrogens with one attached hydrogen (secondary N) is 2. The molecule has 1 aliphatic heterocycles. The lowest BCUT2D eigenvalue weighted by Crippen LogP contribution is -2.40. The molecule has 0 radical (unpaired) electrons. The van der Waals surface area contributed by atoms with Gasteiger partial charge in [-0.1, -0.05) is 0 Å². The van der Waals surface area contributed by atoms with Crippen molar-refractivity contribution >= 4 is 17.3 Å². The predicted molar refractivity (Wildman–Crippen MR) is 78.6 cm³/mol. The number of hydrogen-bond acceptors (Lipinski definition) is 5. The summed E-state index contributed by atoms with van der Waals surface area (Å²) in [5, 5.41) is 16.8. The van der Waals surface area contributed by atoms with E-state index in [0.29, 0.717) is 25.4 Å². The molecule has 0 aromatic heterocycles. The maximum Gasteiger partial charge on any atom is 0.270 e. The Bertz CT molecular complexity index is 527. The van der Waals surface area contributed by atoms with E-state index in [-0.39, 0.29) is 23.2 Å². The Labute approximate surface area is 122 Å². The van der Waals surface area contributed by atoms with Crippen molar-refractivity contribution in [3.8, 4) is 0 Å². The van der Waals surface area contributed by atoms with Gasteiger partial charge in [-0.05, 0) is 25.8 Å². The Morgan fingerprint density at radius 3 is 2.95 bits per heavy atom. The number of carbonyl (C=O) groups is 1. The molecule has 7 nitrogen and oxygen atoms in total. The molecule has 1 amide bonds. The predicted octanol–water partition coefficient (Wildman–Crippen LogP) is 1.94. The van der Waals surface area contributed by atoms with E-state index in [0.717, 1.165) is 12.8 Å². The highest BCUT2D eigenvalue weighted by Crippen LogP contribution is 2.22. The molecule has 21 heavy (non-hydrogen) atoms. The summed E-state index contributed by atoms with van der Waals surface area (Å²) in [4.78, 5) is 22.7. The van der Waals surface area contributed by atoms with Gasteiger partial charge in [0, 0.05) is 31.0 Å². The Kier molecular flexibility index (Phi) is 5.10. The van der Waals surface area contributed by atoms with Gasteiger partial charge in [-0.2, -0.15) is 0 Å². The second-order valence-corrected chi connectivity index (χ2v) is 4.90. The van der Waals surface area contributed by atoms with Crippen LogP contribution in [0.4, 0.5) is 11.4 Å². The van der Waals surface area contributed by atoms with Crippen LogP contribution in [0.3, 0.4) is 0 Å². The van der Waals surface area contributed by atoms with Gasteiger partial charge in [-0.3, -0.25) is 14.9 Å². The molecule has 0 bridgehead atoms. The van der Waals surface area contributed by atoms with Crippen molar-refractivity contribution in [1.82, 2.24) is 5.32 Å². The van der Waals surface area contributed by atoms with Crippen molar-refractivity contribution in [2.24, 2.45) is 0 Å². The van der Waals surface area contributed by atoms with Crippen molar-refractivity contribution in [1.29, 1.82) is 0 Å². The highest BCUT2D eigenvalue weighted by atomic mass is 16.6. The fourth-order valence-electron chi connectivity index (χ4n) is 2.30. The number of carbonyl (C=O) groups excluding carboxylic acids is 1. The minimum atomic E-state index is -0.504. The van der Waals surface area contributed by atoms with Gasteiger partial charge < -0.3 is 15.4 Å². The summed E-state index contributed by atoms with van der Waals surface area (Å²) >= 11 is 0. The van der Waals surface area contributed by atoms with Gasteiger partial charge in [0.25, 0.3) is 11.6 Å². The zero-order chi connectivity index (χ0) is 15.2. The van der Waals surface area contributed by atoms with E-state index in [2.05, 4.69) is 10.6 Å². The quantitative estimate of drug-likeness (QED) is 0.639. The van der Waals surface area contributed by atoms with Gasteiger partial charge in [0.1, 0.15) is 0 Å². The third kappa shape index (κ3) is 3.91. The van der Waals surface area contributed by atoms with Gasteiger partial charge in [0.15, 0.2) is 0 Å². The molecule has 0 aliphatic carbocycles. The van der Waals surface area contributed by atoms with E-state index in [4.69, 9.17) is 4.74 Å². The summed E-state index contributed by atoms with van der Waals surface area (Å²) in [7, 11) is 0. The number of nitro groups is 1. The molecule has 2 rings (SSSR count). The van der Waals surface area contributed by atoms with Crippen LogP contribution in [0.15, 0.2) is 18.2 Å². The molecule has 1 atom stereocenters. The molecule has 1 heterocycles. The SMILES string of the molecule is CCNc1ccc([N+](=O)[O-])cc1C(=O)NC1CCCOC1. The molecular formula is C14H19N3O4. The molecular weight excluding hydrogens is 274 g/mol. The Morgan fingerprint density at radius 2 is 2.33 bits per heavy atom. The van der Waals surface area contributed by atoms with Gasteiger partial charge in [0.05, 0.1) is 23.1 Å². The molecule has 7 heteroatoms. The van der Waals surface area contributed by atoms with Gasteiger partial charge >= 0.3 is 0 Å². The average molecular weight is 293 g/mol. The topological polar surface area (TPSA) is 93.5 Å². The molecule has 1 aliphatic rings. The third-order valence-corrected chi connectivity index (χ3v) is 3.32. The number of nitrogens with zero attached hydrogens (tertiary/aromatic N) is 1. The molecule has 1 aromatic rings. The highest BCUT2D eigenvalue weighted by molar-refractivity contribution is 6.00. The van der Waals surface area contributed by atoms with Crippen LogP contribution < -0.4 is 10.6 Å². The first kappa shape index (κ1) is 15.2. The van der Waals surface area contributed by atoms with Gasteiger partial charge in [-0.25, -0.2) is 0 Å². The minimum absolute atomic E-state index is 0.0417. The Balaban J connectivity index is 2.19. The molecule has 0 saturated carbocycles. The average Bonchev–Trinajstić information content (AvgIpc) is 2.48. The van der Waals surface area contributed by atoms with E-state index in [1.807, 2.05) is 6.92 Å². The highest BCUT2D eigenvalue weighted by Gasteiger charge is 2.21. The first-order chi connectivity index (χ1) is 10.1. The van der Waals surface area contributed by atoms with Crippen LogP contribution in [0, 0.1) is 10.1 Å². The van der Waals surface area contributed by atoms with Crippen molar-refractivity contribution in [2.45, 2.75) is 25.8 Å². The normalized spacial score (nSPS) is 18.0.